The average molecular weight is 249 g/mol. The summed E-state index contributed by atoms with van der Waals surface area (Å²) < 4.78 is 5.54. The van der Waals surface area contributed by atoms with Gasteiger partial charge in [-0.05, 0) is 17.2 Å². The first kappa shape index (κ1) is 11.9. The Morgan fingerprint density at radius 3 is 2.59 bits per heavy atom. The summed E-state index contributed by atoms with van der Waals surface area (Å²) in [4.78, 5) is 4.13. The Hall–Kier alpha value is -1.58. The first-order valence-electron chi connectivity index (χ1n) is 5.31. The molecule has 0 saturated heterocycles. The summed E-state index contributed by atoms with van der Waals surface area (Å²) in [6.07, 6.45) is 1.67. The van der Waals surface area contributed by atoms with Crippen LogP contribution in [0.25, 0.3) is 0 Å². The highest BCUT2D eigenvalue weighted by Crippen LogP contribution is 2.23. The molecule has 88 valence electrons. The van der Waals surface area contributed by atoms with E-state index in [4.69, 9.17) is 22.1 Å². The Balaban J connectivity index is 2.04. The van der Waals surface area contributed by atoms with E-state index in [-0.39, 0.29) is 0 Å². The molecule has 0 aliphatic carbocycles. The van der Waals surface area contributed by atoms with Crippen molar-refractivity contribution in [2.45, 2.75) is 13.2 Å². The maximum absolute atomic E-state index is 6.03. The van der Waals surface area contributed by atoms with Gasteiger partial charge >= 0.3 is 0 Å². The quantitative estimate of drug-likeness (QED) is 0.905. The van der Waals surface area contributed by atoms with Crippen LogP contribution in [0.15, 0.2) is 42.6 Å². The molecule has 0 aliphatic heterocycles. The molecule has 3 nitrogen and oxygen atoms in total. The molecule has 1 aromatic carbocycles. The van der Waals surface area contributed by atoms with Crippen LogP contribution in [-0.4, -0.2) is 4.98 Å². The van der Waals surface area contributed by atoms with Crippen molar-refractivity contribution in [3.63, 3.8) is 0 Å². The van der Waals surface area contributed by atoms with E-state index in [1.807, 2.05) is 30.3 Å². The van der Waals surface area contributed by atoms with Crippen molar-refractivity contribution in [3.05, 3.63) is 58.7 Å². The first-order valence-corrected chi connectivity index (χ1v) is 5.68. The highest BCUT2D eigenvalue weighted by Gasteiger charge is 2.04. The molecular weight excluding hydrogens is 236 g/mol. The van der Waals surface area contributed by atoms with Crippen LogP contribution in [0, 0.1) is 0 Å². The van der Waals surface area contributed by atoms with Crippen LogP contribution in [0.2, 0.25) is 5.02 Å². The Bertz CT molecular complexity index is 488. The molecule has 2 rings (SSSR count). The molecule has 2 N–H and O–H groups in total. The standard InChI is InChI=1S/C13H13ClN2O/c14-12-6-11(7-15)8-16-13(12)17-9-10-4-2-1-3-5-10/h1-6,8H,7,9,15H2. The number of hydrogen-bond acceptors (Lipinski definition) is 3. The number of nitrogens with two attached hydrogens (primary N) is 1. The maximum Gasteiger partial charge on any atom is 0.232 e. The van der Waals surface area contributed by atoms with Gasteiger partial charge in [0.15, 0.2) is 0 Å². The van der Waals surface area contributed by atoms with E-state index in [1.54, 1.807) is 12.3 Å². The van der Waals surface area contributed by atoms with E-state index in [0.29, 0.717) is 24.1 Å². The Kier molecular flexibility index (Phi) is 3.96. The first-order chi connectivity index (χ1) is 8.29. The van der Waals surface area contributed by atoms with Gasteiger partial charge in [-0.1, -0.05) is 41.9 Å². The zero-order valence-electron chi connectivity index (χ0n) is 9.27. The summed E-state index contributed by atoms with van der Waals surface area (Å²) in [5.41, 5.74) is 7.46. The largest absolute Gasteiger partial charge is 0.472 e. The minimum absolute atomic E-state index is 0.422. The molecule has 2 aromatic rings. The highest BCUT2D eigenvalue weighted by atomic mass is 35.5. The van der Waals surface area contributed by atoms with Crippen LogP contribution in [0.1, 0.15) is 11.1 Å². The molecule has 1 heterocycles. The Morgan fingerprint density at radius 1 is 1.18 bits per heavy atom. The van der Waals surface area contributed by atoms with Gasteiger partial charge in [-0.25, -0.2) is 4.98 Å². The van der Waals surface area contributed by atoms with Gasteiger partial charge in [-0.2, -0.15) is 0 Å². The summed E-state index contributed by atoms with van der Waals surface area (Å²) in [5, 5.41) is 0.490. The summed E-state index contributed by atoms with van der Waals surface area (Å²) in [6, 6.07) is 11.6. The lowest BCUT2D eigenvalue weighted by atomic mass is 10.2. The fourth-order valence-corrected chi connectivity index (χ4v) is 1.65. The second-order valence-corrected chi connectivity index (χ2v) is 4.02. The van der Waals surface area contributed by atoms with E-state index in [2.05, 4.69) is 4.98 Å². The van der Waals surface area contributed by atoms with E-state index < -0.39 is 0 Å². The summed E-state index contributed by atoms with van der Waals surface area (Å²) in [7, 11) is 0. The summed E-state index contributed by atoms with van der Waals surface area (Å²) >= 11 is 6.03. The van der Waals surface area contributed by atoms with Gasteiger partial charge in [0.1, 0.15) is 11.6 Å². The molecule has 0 bridgehead atoms. The van der Waals surface area contributed by atoms with Crippen LogP contribution in [0.5, 0.6) is 5.88 Å². The number of aromatic nitrogens is 1. The normalized spacial score (nSPS) is 10.2. The Morgan fingerprint density at radius 2 is 1.94 bits per heavy atom. The number of halogens is 1. The zero-order valence-corrected chi connectivity index (χ0v) is 10.0. The molecular formula is C13H13ClN2O. The van der Waals surface area contributed by atoms with Gasteiger partial charge in [0, 0.05) is 12.7 Å². The molecule has 0 amide bonds. The van der Waals surface area contributed by atoms with Crippen LogP contribution >= 0.6 is 11.6 Å². The van der Waals surface area contributed by atoms with Crippen molar-refractivity contribution in [3.8, 4) is 5.88 Å². The molecule has 1 aromatic heterocycles. The Labute approximate surface area is 105 Å². The SMILES string of the molecule is NCc1cnc(OCc2ccccc2)c(Cl)c1. The molecule has 0 radical (unpaired) electrons. The second kappa shape index (κ2) is 5.66. The lowest BCUT2D eigenvalue weighted by Gasteiger charge is -2.07. The fraction of sp³-hybridized carbons (Fsp3) is 0.154. The van der Waals surface area contributed by atoms with Gasteiger partial charge in [-0.15, -0.1) is 0 Å². The van der Waals surface area contributed by atoms with Gasteiger partial charge in [0.2, 0.25) is 5.88 Å². The van der Waals surface area contributed by atoms with Crippen molar-refractivity contribution in [2.24, 2.45) is 5.73 Å². The lowest BCUT2D eigenvalue weighted by Crippen LogP contribution is -2.01. The monoisotopic (exact) mass is 248 g/mol. The smallest absolute Gasteiger partial charge is 0.232 e. The third-order valence-corrected chi connectivity index (χ3v) is 2.59. The van der Waals surface area contributed by atoms with Gasteiger partial charge in [-0.3, -0.25) is 0 Å². The second-order valence-electron chi connectivity index (χ2n) is 3.61. The van der Waals surface area contributed by atoms with E-state index in [0.717, 1.165) is 11.1 Å². The predicted octanol–water partition coefficient (Wildman–Crippen LogP) is 2.77. The average Bonchev–Trinajstić information content (AvgIpc) is 2.38. The molecule has 0 spiro atoms. The molecule has 0 fully saturated rings. The number of pyridine rings is 1. The topological polar surface area (TPSA) is 48.1 Å². The van der Waals surface area contributed by atoms with Gasteiger partial charge in [0.05, 0.1) is 0 Å². The maximum atomic E-state index is 6.03. The predicted molar refractivity (Wildman–Crippen MR) is 67.9 cm³/mol. The minimum atomic E-state index is 0.422. The van der Waals surface area contributed by atoms with Gasteiger partial charge in [0.25, 0.3) is 0 Å². The van der Waals surface area contributed by atoms with E-state index >= 15 is 0 Å². The fourth-order valence-electron chi connectivity index (χ4n) is 1.41. The molecule has 0 saturated carbocycles. The molecule has 0 unspecified atom stereocenters. The highest BCUT2D eigenvalue weighted by molar-refractivity contribution is 6.31. The molecule has 0 atom stereocenters. The molecule has 0 aliphatic rings. The van der Waals surface area contributed by atoms with Crippen LogP contribution < -0.4 is 10.5 Å². The minimum Gasteiger partial charge on any atom is -0.472 e. The van der Waals surface area contributed by atoms with Crippen LogP contribution in [-0.2, 0) is 13.2 Å². The van der Waals surface area contributed by atoms with Crippen molar-refractivity contribution >= 4 is 11.6 Å². The van der Waals surface area contributed by atoms with Crippen LogP contribution in [0.3, 0.4) is 0 Å². The number of rotatable bonds is 4. The molecule has 4 heteroatoms. The lowest BCUT2D eigenvalue weighted by molar-refractivity contribution is 0.294. The summed E-state index contributed by atoms with van der Waals surface area (Å²) in [5.74, 6) is 0.438. The third kappa shape index (κ3) is 3.19. The van der Waals surface area contributed by atoms with Gasteiger partial charge < -0.3 is 10.5 Å². The molecule has 17 heavy (non-hydrogen) atoms. The van der Waals surface area contributed by atoms with Crippen LogP contribution in [0.4, 0.5) is 0 Å². The zero-order chi connectivity index (χ0) is 12.1. The summed E-state index contributed by atoms with van der Waals surface area (Å²) in [6.45, 7) is 0.876. The van der Waals surface area contributed by atoms with Crippen molar-refractivity contribution in [1.29, 1.82) is 0 Å². The number of benzene rings is 1. The van der Waals surface area contributed by atoms with E-state index in [1.165, 1.54) is 0 Å². The van der Waals surface area contributed by atoms with Crippen molar-refractivity contribution < 1.29 is 4.74 Å². The van der Waals surface area contributed by atoms with E-state index in [9.17, 15) is 0 Å². The number of ether oxygens (including phenoxy) is 1. The number of nitrogens with zero attached hydrogens (tertiary/aromatic N) is 1. The third-order valence-electron chi connectivity index (χ3n) is 2.32. The van der Waals surface area contributed by atoms with Crippen molar-refractivity contribution in [2.75, 3.05) is 0 Å². The van der Waals surface area contributed by atoms with Crippen molar-refractivity contribution in [1.82, 2.24) is 4.98 Å². The number of hydrogen-bond donors (Lipinski definition) is 1.